The molecular weight excluding hydrogens is 414 g/mol. The Morgan fingerprint density at radius 2 is 2.07 bits per heavy atom. The second-order valence-electron chi connectivity index (χ2n) is 7.03. The monoisotopic (exact) mass is 435 g/mol. The minimum atomic E-state index is -0.108. The smallest absolute Gasteiger partial charge is 0.239 e. The van der Waals surface area contributed by atoms with Crippen molar-refractivity contribution in [2.75, 3.05) is 31.3 Å². The fourth-order valence-electron chi connectivity index (χ4n) is 3.66. The number of thiophene rings is 1. The second kappa shape index (κ2) is 8.86. The first-order chi connectivity index (χ1) is 13.6. The molecule has 0 radical (unpaired) electrons. The number of nitrogens with one attached hydrogen (secondary N) is 1. The van der Waals surface area contributed by atoms with Gasteiger partial charge in [-0.15, -0.1) is 23.1 Å². The molecule has 1 unspecified atom stereocenters. The van der Waals surface area contributed by atoms with Gasteiger partial charge >= 0.3 is 0 Å². The first-order valence-electron chi connectivity index (χ1n) is 9.27. The van der Waals surface area contributed by atoms with E-state index in [0.717, 1.165) is 25.1 Å². The number of nitrogens with zero attached hydrogens (tertiary/aromatic N) is 2. The maximum Gasteiger partial charge on any atom is 0.239 e. The number of benzene rings is 1. The maximum atomic E-state index is 12.4. The molecule has 8 heteroatoms. The molecule has 4 rings (SSSR count). The molecule has 1 fully saturated rings. The van der Waals surface area contributed by atoms with E-state index >= 15 is 0 Å². The number of rotatable bonds is 6. The summed E-state index contributed by atoms with van der Waals surface area (Å²) in [6.45, 7) is 2.48. The number of halogens is 1. The topological polar surface area (TPSA) is 52.7 Å². The van der Waals surface area contributed by atoms with E-state index in [4.69, 9.17) is 11.6 Å². The summed E-state index contributed by atoms with van der Waals surface area (Å²) in [5.41, 5.74) is 2.51. The summed E-state index contributed by atoms with van der Waals surface area (Å²) in [5, 5.41) is 5.90. The van der Waals surface area contributed by atoms with Gasteiger partial charge in [-0.3, -0.25) is 14.5 Å². The minimum absolute atomic E-state index is 0.0374. The number of amides is 2. The van der Waals surface area contributed by atoms with Gasteiger partial charge in [-0.2, -0.15) is 0 Å². The summed E-state index contributed by atoms with van der Waals surface area (Å²) in [7, 11) is 0. The van der Waals surface area contributed by atoms with Crippen molar-refractivity contribution in [2.24, 2.45) is 0 Å². The van der Waals surface area contributed by atoms with Crippen molar-refractivity contribution >= 4 is 46.5 Å². The molecule has 1 saturated heterocycles. The van der Waals surface area contributed by atoms with Gasteiger partial charge in [0, 0.05) is 29.5 Å². The van der Waals surface area contributed by atoms with Gasteiger partial charge in [0.15, 0.2) is 0 Å². The fourth-order valence-corrected chi connectivity index (χ4v) is 5.58. The van der Waals surface area contributed by atoms with Gasteiger partial charge in [0.05, 0.1) is 17.7 Å². The number of fused-ring (bicyclic) bond motifs is 1. The van der Waals surface area contributed by atoms with Crippen molar-refractivity contribution in [1.29, 1.82) is 0 Å². The van der Waals surface area contributed by atoms with Crippen molar-refractivity contribution in [3.05, 3.63) is 56.7 Å². The van der Waals surface area contributed by atoms with Crippen LogP contribution in [0, 0.1) is 0 Å². The zero-order chi connectivity index (χ0) is 19.5. The predicted molar refractivity (Wildman–Crippen MR) is 115 cm³/mol. The third-order valence-corrected chi connectivity index (χ3v) is 7.41. The van der Waals surface area contributed by atoms with Crippen LogP contribution in [0.5, 0.6) is 0 Å². The van der Waals surface area contributed by atoms with E-state index in [0.29, 0.717) is 23.2 Å². The van der Waals surface area contributed by atoms with Crippen LogP contribution in [0.15, 0.2) is 35.7 Å². The molecule has 0 aliphatic carbocycles. The molecule has 2 amide bonds. The summed E-state index contributed by atoms with van der Waals surface area (Å²) in [6.07, 6.45) is 1.03. The molecule has 0 bridgehead atoms. The Kier molecular flexibility index (Phi) is 6.25. The fraction of sp³-hybridized carbons (Fsp3) is 0.400. The van der Waals surface area contributed by atoms with E-state index < -0.39 is 0 Å². The Bertz CT molecular complexity index is 855. The van der Waals surface area contributed by atoms with E-state index in [1.165, 1.54) is 10.4 Å². The number of thioether (sulfide) groups is 1. The van der Waals surface area contributed by atoms with Gasteiger partial charge in [-0.05, 0) is 41.1 Å². The van der Waals surface area contributed by atoms with E-state index in [9.17, 15) is 9.59 Å². The van der Waals surface area contributed by atoms with Gasteiger partial charge in [0.2, 0.25) is 11.8 Å². The third-order valence-electron chi connectivity index (χ3n) is 5.19. The van der Waals surface area contributed by atoms with Crippen LogP contribution < -0.4 is 5.32 Å². The quantitative estimate of drug-likeness (QED) is 0.757. The Balaban J connectivity index is 1.45. The molecule has 2 aliphatic rings. The van der Waals surface area contributed by atoms with Crippen LogP contribution in [0.2, 0.25) is 5.02 Å². The number of carbonyl (C=O) groups excluding carboxylic acids is 2. The predicted octanol–water partition coefficient (Wildman–Crippen LogP) is 3.15. The number of hydrogen-bond donors (Lipinski definition) is 1. The molecule has 3 heterocycles. The summed E-state index contributed by atoms with van der Waals surface area (Å²) in [4.78, 5) is 29.6. The zero-order valence-corrected chi connectivity index (χ0v) is 17.8. The van der Waals surface area contributed by atoms with Crippen molar-refractivity contribution in [2.45, 2.75) is 19.0 Å². The van der Waals surface area contributed by atoms with Gasteiger partial charge in [0.25, 0.3) is 0 Å². The highest BCUT2D eigenvalue weighted by Crippen LogP contribution is 2.30. The van der Waals surface area contributed by atoms with Crippen LogP contribution in [0.25, 0.3) is 0 Å². The normalized spacial score (nSPS) is 18.2. The van der Waals surface area contributed by atoms with Crippen LogP contribution in [-0.2, 0) is 22.6 Å². The van der Waals surface area contributed by atoms with Gasteiger partial charge in [-0.25, -0.2) is 0 Å². The summed E-state index contributed by atoms with van der Waals surface area (Å²) in [5.74, 6) is 0.996. The summed E-state index contributed by atoms with van der Waals surface area (Å²) >= 11 is 9.44. The van der Waals surface area contributed by atoms with Crippen LogP contribution >= 0.6 is 34.7 Å². The van der Waals surface area contributed by atoms with Crippen LogP contribution in [0.3, 0.4) is 0 Å². The third kappa shape index (κ3) is 4.54. The first kappa shape index (κ1) is 19.8. The molecule has 5 nitrogen and oxygen atoms in total. The SMILES string of the molecule is O=C(CN1CSCC1=O)NCC(c1ccc(Cl)cc1)N1CCc2sccc2C1. The van der Waals surface area contributed by atoms with Gasteiger partial charge in [0.1, 0.15) is 6.54 Å². The lowest BCUT2D eigenvalue weighted by Gasteiger charge is -2.35. The number of hydrogen-bond acceptors (Lipinski definition) is 5. The molecule has 2 aliphatic heterocycles. The molecule has 1 atom stereocenters. The first-order valence-corrected chi connectivity index (χ1v) is 11.7. The van der Waals surface area contributed by atoms with E-state index in [1.807, 2.05) is 35.6 Å². The van der Waals surface area contributed by atoms with Gasteiger partial charge < -0.3 is 10.2 Å². The minimum Gasteiger partial charge on any atom is -0.353 e. The van der Waals surface area contributed by atoms with Crippen LogP contribution in [0.4, 0.5) is 0 Å². The standard InChI is InChI=1S/C20H22ClN3O2S2/c21-16-3-1-14(2-4-16)17(23-7-5-18-15(10-23)6-8-28-18)9-22-19(25)11-24-13-27-12-20(24)26/h1-4,6,8,17H,5,7,9-13H2,(H,22,25). The molecule has 1 N–H and O–H groups in total. The lowest BCUT2D eigenvalue weighted by Crippen LogP contribution is -2.43. The van der Waals surface area contributed by atoms with Crippen molar-refractivity contribution in [1.82, 2.24) is 15.1 Å². The Hall–Kier alpha value is -1.54. The summed E-state index contributed by atoms with van der Waals surface area (Å²) < 4.78 is 0. The highest BCUT2D eigenvalue weighted by atomic mass is 35.5. The molecule has 148 valence electrons. The van der Waals surface area contributed by atoms with E-state index in [-0.39, 0.29) is 24.4 Å². The van der Waals surface area contributed by atoms with Crippen molar-refractivity contribution in [3.63, 3.8) is 0 Å². The molecule has 2 aromatic rings. The Labute approximate surface area is 178 Å². The van der Waals surface area contributed by atoms with E-state index in [1.54, 1.807) is 16.7 Å². The molecule has 1 aromatic carbocycles. The highest BCUT2D eigenvalue weighted by molar-refractivity contribution is 8.00. The average molecular weight is 436 g/mol. The Morgan fingerprint density at radius 3 is 2.82 bits per heavy atom. The molecule has 28 heavy (non-hydrogen) atoms. The highest BCUT2D eigenvalue weighted by Gasteiger charge is 2.27. The molecule has 0 saturated carbocycles. The lowest BCUT2D eigenvalue weighted by atomic mass is 10.0. The summed E-state index contributed by atoms with van der Waals surface area (Å²) in [6, 6.07) is 10.1. The largest absolute Gasteiger partial charge is 0.353 e. The molecule has 1 aromatic heterocycles. The Morgan fingerprint density at radius 1 is 1.25 bits per heavy atom. The number of carbonyl (C=O) groups is 2. The average Bonchev–Trinajstić information content (AvgIpc) is 3.32. The van der Waals surface area contributed by atoms with Crippen LogP contribution in [-0.4, -0.2) is 52.9 Å². The van der Waals surface area contributed by atoms with Crippen molar-refractivity contribution in [3.8, 4) is 0 Å². The van der Waals surface area contributed by atoms with Crippen LogP contribution in [0.1, 0.15) is 22.0 Å². The second-order valence-corrected chi connectivity index (χ2v) is 9.42. The zero-order valence-electron chi connectivity index (χ0n) is 15.4. The lowest BCUT2D eigenvalue weighted by molar-refractivity contribution is -0.132. The molecule has 0 spiro atoms. The van der Waals surface area contributed by atoms with E-state index in [2.05, 4.69) is 21.7 Å². The maximum absolute atomic E-state index is 12.4. The van der Waals surface area contributed by atoms with Gasteiger partial charge in [-0.1, -0.05) is 23.7 Å². The molecular formula is C20H22ClN3O2S2. The van der Waals surface area contributed by atoms with Crippen molar-refractivity contribution < 1.29 is 9.59 Å².